The molecule has 0 aliphatic heterocycles. The van der Waals surface area contributed by atoms with E-state index in [0.29, 0.717) is 18.1 Å². The zero-order chi connectivity index (χ0) is 24.9. The van der Waals surface area contributed by atoms with Crippen LogP contribution in [0.25, 0.3) is 22.0 Å². The van der Waals surface area contributed by atoms with Crippen molar-refractivity contribution in [1.29, 1.82) is 0 Å². The Labute approximate surface area is 204 Å². The van der Waals surface area contributed by atoms with Gasteiger partial charge in [-0.05, 0) is 68.5 Å². The SMILES string of the molecule is Cc1cc[nH]c(=O)c1-c1ccc2nc(Nc3cccc(N(C)C(=O)/C=C/CN(C)C)c3)ncc2c1. The normalized spacial score (nSPS) is 11.3. The molecule has 2 aromatic heterocycles. The molecule has 178 valence electrons. The van der Waals surface area contributed by atoms with Gasteiger partial charge >= 0.3 is 0 Å². The number of hydrogen-bond donors (Lipinski definition) is 2. The van der Waals surface area contributed by atoms with Crippen LogP contribution in [0.15, 0.2) is 77.9 Å². The highest BCUT2D eigenvalue weighted by atomic mass is 16.2. The number of likely N-dealkylation sites (N-methyl/N-ethyl adjacent to an activating group) is 2. The molecule has 0 aliphatic carbocycles. The highest BCUT2D eigenvalue weighted by Gasteiger charge is 2.11. The van der Waals surface area contributed by atoms with Crippen molar-refractivity contribution in [3.63, 3.8) is 0 Å². The second kappa shape index (κ2) is 10.3. The fourth-order valence-corrected chi connectivity index (χ4v) is 3.71. The van der Waals surface area contributed by atoms with Crippen LogP contribution in [0.1, 0.15) is 5.56 Å². The van der Waals surface area contributed by atoms with E-state index in [4.69, 9.17) is 0 Å². The Morgan fingerprint density at radius 2 is 1.94 bits per heavy atom. The number of aromatic nitrogens is 3. The topological polar surface area (TPSA) is 94.2 Å². The molecule has 0 atom stereocenters. The number of hydrogen-bond acceptors (Lipinski definition) is 6. The van der Waals surface area contributed by atoms with Crippen molar-refractivity contribution in [2.24, 2.45) is 0 Å². The van der Waals surface area contributed by atoms with Gasteiger partial charge in [0.15, 0.2) is 0 Å². The van der Waals surface area contributed by atoms with E-state index in [1.165, 1.54) is 0 Å². The number of H-pyrrole nitrogens is 1. The third-order valence-corrected chi connectivity index (χ3v) is 5.59. The van der Waals surface area contributed by atoms with Crippen LogP contribution >= 0.6 is 0 Å². The van der Waals surface area contributed by atoms with E-state index in [1.54, 1.807) is 30.4 Å². The van der Waals surface area contributed by atoms with E-state index in [0.717, 1.165) is 33.4 Å². The minimum absolute atomic E-state index is 0.103. The van der Waals surface area contributed by atoms with Gasteiger partial charge in [0, 0.05) is 54.4 Å². The van der Waals surface area contributed by atoms with Crippen LogP contribution in [0.5, 0.6) is 0 Å². The summed E-state index contributed by atoms with van der Waals surface area (Å²) in [6.45, 7) is 2.61. The Hall–Kier alpha value is -4.30. The van der Waals surface area contributed by atoms with E-state index in [9.17, 15) is 9.59 Å². The van der Waals surface area contributed by atoms with Gasteiger partial charge in [0.05, 0.1) is 5.52 Å². The van der Waals surface area contributed by atoms with Crippen molar-refractivity contribution in [2.75, 3.05) is 37.9 Å². The van der Waals surface area contributed by atoms with Gasteiger partial charge in [-0.1, -0.05) is 18.2 Å². The zero-order valence-electron chi connectivity index (χ0n) is 20.2. The summed E-state index contributed by atoms with van der Waals surface area (Å²) in [7, 11) is 5.64. The molecule has 0 bridgehead atoms. The number of nitrogens with zero attached hydrogens (tertiary/aromatic N) is 4. The lowest BCUT2D eigenvalue weighted by molar-refractivity contribution is -0.113. The fourth-order valence-electron chi connectivity index (χ4n) is 3.71. The van der Waals surface area contributed by atoms with E-state index in [-0.39, 0.29) is 11.5 Å². The Kier molecular flexibility index (Phi) is 7.03. The smallest absolute Gasteiger partial charge is 0.256 e. The molecule has 35 heavy (non-hydrogen) atoms. The molecule has 2 heterocycles. The number of carbonyl (C=O) groups is 1. The quantitative estimate of drug-likeness (QED) is 0.396. The third-order valence-electron chi connectivity index (χ3n) is 5.59. The van der Waals surface area contributed by atoms with Crippen LogP contribution in [0, 0.1) is 6.92 Å². The van der Waals surface area contributed by atoms with Gasteiger partial charge in [-0.2, -0.15) is 0 Å². The molecule has 0 fully saturated rings. The van der Waals surface area contributed by atoms with Crippen molar-refractivity contribution in [3.8, 4) is 11.1 Å². The Morgan fingerprint density at radius 1 is 1.11 bits per heavy atom. The first kappa shape index (κ1) is 23.8. The lowest BCUT2D eigenvalue weighted by atomic mass is 10.0. The van der Waals surface area contributed by atoms with Crippen molar-refractivity contribution in [1.82, 2.24) is 19.9 Å². The molecule has 2 aromatic carbocycles. The van der Waals surface area contributed by atoms with Gasteiger partial charge in [0.2, 0.25) is 11.9 Å². The number of rotatable bonds is 7. The Balaban J connectivity index is 1.53. The molecule has 8 heteroatoms. The molecular weight excluding hydrogens is 440 g/mol. The highest BCUT2D eigenvalue weighted by Crippen LogP contribution is 2.25. The second-order valence-corrected chi connectivity index (χ2v) is 8.57. The summed E-state index contributed by atoms with van der Waals surface area (Å²) in [5.74, 6) is 0.338. The van der Waals surface area contributed by atoms with Gasteiger partial charge < -0.3 is 20.1 Å². The Morgan fingerprint density at radius 3 is 2.71 bits per heavy atom. The molecule has 0 radical (unpaired) electrons. The van der Waals surface area contributed by atoms with Gasteiger partial charge in [-0.3, -0.25) is 9.59 Å². The van der Waals surface area contributed by atoms with Crippen LogP contribution in [0.3, 0.4) is 0 Å². The van der Waals surface area contributed by atoms with E-state index < -0.39 is 0 Å². The van der Waals surface area contributed by atoms with E-state index in [2.05, 4.69) is 20.3 Å². The van der Waals surface area contributed by atoms with Crippen molar-refractivity contribution >= 4 is 34.1 Å². The zero-order valence-corrected chi connectivity index (χ0v) is 20.2. The first-order chi connectivity index (χ1) is 16.8. The molecule has 4 aromatic rings. The molecule has 2 N–H and O–H groups in total. The molecule has 0 saturated carbocycles. The van der Waals surface area contributed by atoms with Crippen LogP contribution < -0.4 is 15.8 Å². The largest absolute Gasteiger partial charge is 0.329 e. The number of pyridine rings is 1. The number of carbonyl (C=O) groups excluding carboxylic acids is 1. The van der Waals surface area contributed by atoms with Crippen molar-refractivity contribution < 1.29 is 4.79 Å². The minimum atomic E-state index is -0.125. The third kappa shape index (κ3) is 5.62. The summed E-state index contributed by atoms with van der Waals surface area (Å²) in [4.78, 5) is 40.1. The van der Waals surface area contributed by atoms with Crippen molar-refractivity contribution in [3.05, 3.63) is 89.0 Å². The predicted octanol–water partition coefficient (Wildman–Crippen LogP) is 4.12. The number of amides is 1. The van der Waals surface area contributed by atoms with Crippen LogP contribution in [-0.4, -0.2) is 53.4 Å². The predicted molar refractivity (Wildman–Crippen MR) is 141 cm³/mol. The number of anilines is 3. The molecule has 0 unspecified atom stereocenters. The Bertz CT molecular complexity index is 1460. The lowest BCUT2D eigenvalue weighted by Gasteiger charge is -2.17. The molecule has 0 spiro atoms. The van der Waals surface area contributed by atoms with E-state index in [1.807, 2.05) is 80.5 Å². The average molecular weight is 469 g/mol. The van der Waals surface area contributed by atoms with Gasteiger partial charge in [0.1, 0.15) is 0 Å². The number of fused-ring (bicyclic) bond motifs is 1. The maximum Gasteiger partial charge on any atom is 0.256 e. The standard InChI is InChI=1S/C27H28N6O2/c1-18-12-13-28-26(35)25(18)19-10-11-23-20(15-19)17-29-27(31-23)30-21-7-5-8-22(16-21)33(4)24(34)9-6-14-32(2)3/h5-13,15-17H,14H2,1-4H3,(H,28,35)(H,29,30,31)/b9-6+. The molecule has 0 aliphatic rings. The molecule has 0 saturated heterocycles. The molecular formula is C27H28N6O2. The monoisotopic (exact) mass is 468 g/mol. The lowest BCUT2D eigenvalue weighted by Crippen LogP contribution is -2.24. The minimum Gasteiger partial charge on any atom is -0.329 e. The van der Waals surface area contributed by atoms with E-state index >= 15 is 0 Å². The number of nitrogens with one attached hydrogen (secondary N) is 2. The number of aryl methyl sites for hydroxylation is 1. The second-order valence-electron chi connectivity index (χ2n) is 8.57. The van der Waals surface area contributed by atoms with Crippen molar-refractivity contribution in [2.45, 2.75) is 6.92 Å². The van der Waals surface area contributed by atoms with Crippen LogP contribution in [-0.2, 0) is 4.79 Å². The van der Waals surface area contributed by atoms with Crippen LogP contribution in [0.4, 0.5) is 17.3 Å². The maximum absolute atomic E-state index is 12.5. The average Bonchev–Trinajstić information content (AvgIpc) is 2.83. The maximum atomic E-state index is 12.5. The first-order valence-electron chi connectivity index (χ1n) is 11.2. The van der Waals surface area contributed by atoms with Gasteiger partial charge in [-0.25, -0.2) is 9.97 Å². The summed E-state index contributed by atoms with van der Waals surface area (Å²) < 4.78 is 0. The highest BCUT2D eigenvalue weighted by molar-refractivity contribution is 6.01. The number of aromatic amines is 1. The molecule has 8 nitrogen and oxygen atoms in total. The first-order valence-corrected chi connectivity index (χ1v) is 11.2. The summed E-state index contributed by atoms with van der Waals surface area (Å²) in [6.07, 6.45) is 6.79. The fraction of sp³-hybridized carbons (Fsp3) is 0.185. The van der Waals surface area contributed by atoms with Crippen LogP contribution in [0.2, 0.25) is 0 Å². The summed E-state index contributed by atoms with van der Waals surface area (Å²) in [5.41, 5.74) is 4.52. The number of benzene rings is 2. The van der Waals surface area contributed by atoms with Gasteiger partial charge in [0.25, 0.3) is 5.56 Å². The van der Waals surface area contributed by atoms with Gasteiger partial charge in [-0.15, -0.1) is 0 Å². The summed E-state index contributed by atoms with van der Waals surface area (Å²) in [6, 6.07) is 15.1. The molecule has 1 amide bonds. The summed E-state index contributed by atoms with van der Waals surface area (Å²) >= 11 is 0. The summed E-state index contributed by atoms with van der Waals surface area (Å²) in [5, 5.41) is 4.05. The molecule has 4 rings (SSSR count).